The minimum Gasteiger partial charge on any atom is -0.266 e. The molecule has 1 amide bonds. The number of aromatic nitrogens is 2. The zero-order valence-corrected chi connectivity index (χ0v) is 17.6. The van der Waals surface area contributed by atoms with E-state index in [1.807, 2.05) is 66.7 Å². The van der Waals surface area contributed by atoms with Crippen molar-refractivity contribution >= 4 is 50.4 Å². The number of amides is 1. The van der Waals surface area contributed by atoms with Crippen LogP contribution >= 0.6 is 27.5 Å². The van der Waals surface area contributed by atoms with Gasteiger partial charge in [0.15, 0.2) is 5.69 Å². The average Bonchev–Trinajstić information content (AvgIpc) is 3.10. The maximum absolute atomic E-state index is 12.5. The lowest BCUT2D eigenvalue weighted by molar-refractivity contribution is 0.0948. The van der Waals surface area contributed by atoms with Gasteiger partial charge in [0.25, 0.3) is 5.91 Å². The van der Waals surface area contributed by atoms with Crippen molar-refractivity contribution in [2.75, 3.05) is 0 Å². The SMILES string of the molecule is O=C(NN=Cc1cccc2ccccc12)c1nn(Cc2ccc(Cl)cc2)cc1Br. The Hall–Kier alpha value is -2.96. The first-order valence-corrected chi connectivity index (χ1v) is 10.1. The number of halogens is 2. The van der Waals surface area contributed by atoms with Crippen LogP contribution in [0.5, 0.6) is 0 Å². The van der Waals surface area contributed by atoms with Crippen molar-refractivity contribution in [3.63, 3.8) is 0 Å². The maximum atomic E-state index is 12.5. The van der Waals surface area contributed by atoms with Crippen molar-refractivity contribution in [3.8, 4) is 0 Å². The average molecular weight is 468 g/mol. The first kappa shape index (κ1) is 19.4. The molecule has 0 spiro atoms. The minimum atomic E-state index is -0.386. The van der Waals surface area contributed by atoms with Gasteiger partial charge in [-0.1, -0.05) is 66.2 Å². The van der Waals surface area contributed by atoms with Gasteiger partial charge in [-0.05, 0) is 44.4 Å². The molecule has 0 fully saturated rings. The van der Waals surface area contributed by atoms with Gasteiger partial charge < -0.3 is 0 Å². The van der Waals surface area contributed by atoms with Crippen LogP contribution in [0.3, 0.4) is 0 Å². The number of hydrazone groups is 1. The summed E-state index contributed by atoms with van der Waals surface area (Å²) in [5.74, 6) is -0.386. The van der Waals surface area contributed by atoms with Crippen LogP contribution in [0.4, 0.5) is 0 Å². The fraction of sp³-hybridized carbons (Fsp3) is 0.0455. The van der Waals surface area contributed by atoms with E-state index in [-0.39, 0.29) is 11.6 Å². The van der Waals surface area contributed by atoms with Gasteiger partial charge in [-0.2, -0.15) is 10.2 Å². The number of hydrogen-bond donors (Lipinski definition) is 1. The molecule has 0 radical (unpaired) electrons. The highest BCUT2D eigenvalue weighted by atomic mass is 79.9. The van der Waals surface area contributed by atoms with Gasteiger partial charge in [-0.25, -0.2) is 5.43 Å². The van der Waals surface area contributed by atoms with Crippen molar-refractivity contribution in [1.29, 1.82) is 0 Å². The van der Waals surface area contributed by atoms with Crippen LogP contribution in [0.1, 0.15) is 21.6 Å². The van der Waals surface area contributed by atoms with E-state index >= 15 is 0 Å². The number of carbonyl (C=O) groups is 1. The van der Waals surface area contributed by atoms with Gasteiger partial charge in [0.05, 0.1) is 17.2 Å². The molecule has 7 heteroatoms. The highest BCUT2D eigenvalue weighted by Gasteiger charge is 2.15. The molecule has 0 bridgehead atoms. The molecule has 1 aromatic heterocycles. The summed E-state index contributed by atoms with van der Waals surface area (Å²) in [6.07, 6.45) is 3.40. The quantitative estimate of drug-likeness (QED) is 0.321. The van der Waals surface area contributed by atoms with Gasteiger partial charge in [0, 0.05) is 16.8 Å². The van der Waals surface area contributed by atoms with E-state index in [0.717, 1.165) is 21.9 Å². The summed E-state index contributed by atoms with van der Waals surface area (Å²) >= 11 is 9.31. The van der Waals surface area contributed by atoms with Crippen LogP contribution in [0, 0.1) is 0 Å². The number of carbonyl (C=O) groups excluding carboxylic acids is 1. The molecular formula is C22H16BrClN4O. The Morgan fingerprint density at radius 1 is 1.10 bits per heavy atom. The van der Waals surface area contributed by atoms with E-state index in [9.17, 15) is 4.79 Å². The fourth-order valence-corrected chi connectivity index (χ4v) is 3.61. The molecule has 0 unspecified atom stereocenters. The third kappa shape index (κ3) is 4.55. The summed E-state index contributed by atoms with van der Waals surface area (Å²) in [6, 6.07) is 21.5. The zero-order valence-electron chi connectivity index (χ0n) is 15.2. The lowest BCUT2D eigenvalue weighted by Gasteiger charge is -2.02. The van der Waals surface area contributed by atoms with Gasteiger partial charge in [-0.3, -0.25) is 9.48 Å². The van der Waals surface area contributed by atoms with Crippen LogP contribution in [0.15, 0.2) is 82.5 Å². The Bertz CT molecular complexity index is 1200. The third-order valence-corrected chi connectivity index (χ3v) is 5.22. The van der Waals surface area contributed by atoms with E-state index in [2.05, 4.69) is 31.6 Å². The summed E-state index contributed by atoms with van der Waals surface area (Å²) in [4.78, 5) is 12.5. The number of rotatable bonds is 5. The molecule has 0 aliphatic rings. The second-order valence-corrected chi connectivity index (χ2v) is 7.71. The van der Waals surface area contributed by atoms with Gasteiger partial charge in [0.2, 0.25) is 0 Å². The predicted molar refractivity (Wildman–Crippen MR) is 119 cm³/mol. The third-order valence-electron chi connectivity index (χ3n) is 4.38. The second-order valence-electron chi connectivity index (χ2n) is 6.42. The van der Waals surface area contributed by atoms with E-state index < -0.39 is 0 Å². The monoisotopic (exact) mass is 466 g/mol. The lowest BCUT2D eigenvalue weighted by Crippen LogP contribution is -2.19. The highest BCUT2D eigenvalue weighted by Crippen LogP contribution is 2.18. The molecule has 5 nitrogen and oxygen atoms in total. The summed E-state index contributed by atoms with van der Waals surface area (Å²) in [5, 5.41) is 11.3. The molecule has 0 aliphatic heterocycles. The molecule has 0 aliphatic carbocycles. The maximum Gasteiger partial charge on any atom is 0.293 e. The summed E-state index contributed by atoms with van der Waals surface area (Å²) < 4.78 is 2.29. The summed E-state index contributed by atoms with van der Waals surface area (Å²) in [7, 11) is 0. The van der Waals surface area contributed by atoms with Crippen LogP contribution in [0.25, 0.3) is 10.8 Å². The first-order valence-electron chi connectivity index (χ1n) is 8.89. The van der Waals surface area contributed by atoms with Crippen LogP contribution in [-0.4, -0.2) is 21.9 Å². The van der Waals surface area contributed by atoms with E-state index in [1.54, 1.807) is 17.1 Å². The molecule has 4 aromatic rings. The Balaban J connectivity index is 1.46. The van der Waals surface area contributed by atoms with Crippen LogP contribution < -0.4 is 5.43 Å². The van der Waals surface area contributed by atoms with Gasteiger partial charge in [0.1, 0.15) is 0 Å². The molecule has 29 heavy (non-hydrogen) atoms. The number of benzene rings is 3. The molecule has 4 rings (SSSR count). The number of nitrogens with one attached hydrogen (secondary N) is 1. The molecule has 3 aromatic carbocycles. The molecule has 0 atom stereocenters. The molecule has 144 valence electrons. The van der Waals surface area contributed by atoms with Crippen molar-refractivity contribution < 1.29 is 4.79 Å². The van der Waals surface area contributed by atoms with Gasteiger partial charge >= 0.3 is 0 Å². The molecule has 0 saturated carbocycles. The summed E-state index contributed by atoms with van der Waals surface area (Å²) in [6.45, 7) is 0.530. The largest absolute Gasteiger partial charge is 0.293 e. The number of nitrogens with zero attached hydrogens (tertiary/aromatic N) is 3. The molecule has 0 saturated heterocycles. The standard InChI is InChI=1S/C22H16BrClN4O/c23-20-14-28(13-15-8-10-18(24)11-9-15)27-21(20)22(29)26-25-12-17-6-3-5-16-4-1-2-7-19(16)17/h1-12,14H,13H2,(H,26,29). The van der Waals surface area contributed by atoms with E-state index in [4.69, 9.17) is 11.6 Å². The normalized spacial score (nSPS) is 11.2. The predicted octanol–water partition coefficient (Wildman–Crippen LogP) is 5.26. The zero-order chi connectivity index (χ0) is 20.2. The lowest BCUT2D eigenvalue weighted by atomic mass is 10.1. The second kappa shape index (κ2) is 8.59. The molecular weight excluding hydrogens is 452 g/mol. The van der Waals surface area contributed by atoms with Crippen LogP contribution in [0.2, 0.25) is 5.02 Å². The first-order chi connectivity index (χ1) is 14.1. The topological polar surface area (TPSA) is 59.3 Å². The van der Waals surface area contributed by atoms with Crippen molar-refractivity contribution in [2.24, 2.45) is 5.10 Å². The Kier molecular flexibility index (Phi) is 5.74. The molecule has 1 heterocycles. The van der Waals surface area contributed by atoms with Crippen LogP contribution in [-0.2, 0) is 6.54 Å². The number of hydrogen-bond acceptors (Lipinski definition) is 3. The minimum absolute atomic E-state index is 0.272. The highest BCUT2D eigenvalue weighted by molar-refractivity contribution is 9.10. The van der Waals surface area contributed by atoms with Crippen molar-refractivity contribution in [1.82, 2.24) is 15.2 Å². The Labute approximate surface area is 181 Å². The molecule has 1 N–H and O–H groups in total. The van der Waals surface area contributed by atoms with Gasteiger partial charge in [-0.15, -0.1) is 0 Å². The Morgan fingerprint density at radius 3 is 2.69 bits per heavy atom. The van der Waals surface area contributed by atoms with E-state index in [1.165, 1.54) is 0 Å². The smallest absolute Gasteiger partial charge is 0.266 e. The van der Waals surface area contributed by atoms with Crippen molar-refractivity contribution in [2.45, 2.75) is 6.54 Å². The fourth-order valence-electron chi connectivity index (χ4n) is 2.99. The number of fused-ring (bicyclic) bond motifs is 1. The summed E-state index contributed by atoms with van der Waals surface area (Å²) in [5.41, 5.74) is 4.78. The Morgan fingerprint density at radius 2 is 1.86 bits per heavy atom. The van der Waals surface area contributed by atoms with E-state index in [0.29, 0.717) is 16.0 Å². The van der Waals surface area contributed by atoms with Crippen molar-refractivity contribution in [3.05, 3.63) is 99.2 Å².